The van der Waals surface area contributed by atoms with E-state index in [0.29, 0.717) is 11.9 Å². The molecule has 1 heterocycles. The number of aromatic nitrogens is 2. The lowest BCUT2D eigenvalue weighted by molar-refractivity contribution is 0.606. The Balaban J connectivity index is 2.03. The van der Waals surface area contributed by atoms with Gasteiger partial charge in [0.1, 0.15) is 5.82 Å². The van der Waals surface area contributed by atoms with E-state index in [0.717, 1.165) is 24.5 Å². The van der Waals surface area contributed by atoms with Gasteiger partial charge >= 0.3 is 0 Å². The van der Waals surface area contributed by atoms with Crippen molar-refractivity contribution < 1.29 is 0 Å². The lowest BCUT2D eigenvalue weighted by atomic mass is 10.1. The van der Waals surface area contributed by atoms with Crippen molar-refractivity contribution in [3.8, 4) is 0 Å². The summed E-state index contributed by atoms with van der Waals surface area (Å²) in [6.45, 7) is 9.46. The molecule has 2 rings (SSSR count). The second-order valence-electron chi connectivity index (χ2n) is 6.10. The smallest absolute Gasteiger partial charge is 0.224 e. The molecule has 1 aromatic heterocycles. The van der Waals surface area contributed by atoms with Gasteiger partial charge in [0.2, 0.25) is 5.95 Å². The summed E-state index contributed by atoms with van der Waals surface area (Å²) in [5, 5.41) is 6.76. The van der Waals surface area contributed by atoms with E-state index in [9.17, 15) is 0 Å². The Labute approximate surface area is 133 Å². The van der Waals surface area contributed by atoms with E-state index in [2.05, 4.69) is 65.6 Å². The van der Waals surface area contributed by atoms with Crippen molar-refractivity contribution in [2.45, 2.75) is 40.2 Å². The van der Waals surface area contributed by atoms with Crippen LogP contribution in [-0.2, 0) is 0 Å². The van der Waals surface area contributed by atoms with E-state index in [4.69, 9.17) is 0 Å². The zero-order valence-corrected chi connectivity index (χ0v) is 13.9. The molecule has 4 heteroatoms. The highest BCUT2D eigenvalue weighted by atomic mass is 15.1. The van der Waals surface area contributed by atoms with Crippen LogP contribution in [-0.4, -0.2) is 16.5 Å². The van der Waals surface area contributed by atoms with Crippen LogP contribution < -0.4 is 10.6 Å². The van der Waals surface area contributed by atoms with Crippen LogP contribution >= 0.6 is 0 Å². The molecule has 118 valence electrons. The Morgan fingerprint density at radius 2 is 1.77 bits per heavy atom. The largest absolute Gasteiger partial charge is 0.363 e. The molecular formula is C18H26N4. The zero-order valence-electron chi connectivity index (χ0n) is 13.9. The molecule has 0 spiro atoms. The minimum Gasteiger partial charge on any atom is -0.363 e. The van der Waals surface area contributed by atoms with Crippen LogP contribution in [0.4, 0.5) is 11.8 Å². The molecule has 0 saturated heterocycles. The first kappa shape index (κ1) is 16.3. The molecule has 0 aliphatic carbocycles. The van der Waals surface area contributed by atoms with Crippen LogP contribution in [0, 0.1) is 12.8 Å². The van der Waals surface area contributed by atoms with Crippen LogP contribution in [0.5, 0.6) is 0 Å². The third kappa shape index (κ3) is 5.02. The van der Waals surface area contributed by atoms with Crippen LogP contribution in [0.3, 0.4) is 0 Å². The fraction of sp³-hybridized carbons (Fsp3) is 0.444. The van der Waals surface area contributed by atoms with Crippen LogP contribution in [0.1, 0.15) is 44.5 Å². The molecule has 0 aliphatic rings. The summed E-state index contributed by atoms with van der Waals surface area (Å²) < 4.78 is 0. The van der Waals surface area contributed by atoms with Crippen molar-refractivity contribution in [3.05, 3.63) is 47.7 Å². The number of aryl methyl sites for hydroxylation is 1. The molecule has 2 N–H and O–H groups in total. The van der Waals surface area contributed by atoms with Gasteiger partial charge in [0.15, 0.2) is 0 Å². The number of rotatable bonds is 7. The first-order valence-electron chi connectivity index (χ1n) is 7.95. The molecule has 4 nitrogen and oxygen atoms in total. The second-order valence-corrected chi connectivity index (χ2v) is 6.10. The molecule has 0 saturated carbocycles. The molecule has 1 aromatic carbocycles. The van der Waals surface area contributed by atoms with E-state index in [1.807, 2.05) is 19.1 Å². The van der Waals surface area contributed by atoms with Gasteiger partial charge in [0.25, 0.3) is 0 Å². The summed E-state index contributed by atoms with van der Waals surface area (Å²) in [4.78, 5) is 9.01. The normalized spacial score (nSPS) is 12.2. The van der Waals surface area contributed by atoms with E-state index < -0.39 is 0 Å². The molecule has 0 radical (unpaired) electrons. The Morgan fingerprint density at radius 3 is 2.45 bits per heavy atom. The van der Waals surface area contributed by atoms with Crippen LogP contribution in [0.15, 0.2) is 36.4 Å². The maximum absolute atomic E-state index is 4.56. The first-order valence-corrected chi connectivity index (χ1v) is 7.95. The molecule has 1 unspecified atom stereocenters. The maximum atomic E-state index is 4.56. The average Bonchev–Trinajstić information content (AvgIpc) is 2.47. The van der Waals surface area contributed by atoms with Gasteiger partial charge in [-0.2, -0.15) is 4.98 Å². The highest BCUT2D eigenvalue weighted by Crippen LogP contribution is 2.19. The van der Waals surface area contributed by atoms with E-state index >= 15 is 0 Å². The fourth-order valence-corrected chi connectivity index (χ4v) is 2.24. The second kappa shape index (κ2) is 7.78. The molecule has 0 bridgehead atoms. The van der Waals surface area contributed by atoms with Crippen molar-refractivity contribution in [2.24, 2.45) is 5.92 Å². The predicted molar refractivity (Wildman–Crippen MR) is 93.2 cm³/mol. The minimum atomic E-state index is 0.207. The van der Waals surface area contributed by atoms with Gasteiger partial charge in [-0.15, -0.1) is 0 Å². The third-order valence-electron chi connectivity index (χ3n) is 3.52. The van der Waals surface area contributed by atoms with E-state index in [1.54, 1.807) is 0 Å². The highest BCUT2D eigenvalue weighted by molar-refractivity contribution is 5.44. The summed E-state index contributed by atoms with van der Waals surface area (Å²) in [6, 6.07) is 12.6. The molecule has 0 amide bonds. The van der Waals surface area contributed by atoms with Gasteiger partial charge in [-0.05, 0) is 31.7 Å². The van der Waals surface area contributed by atoms with E-state index in [1.165, 1.54) is 5.56 Å². The zero-order chi connectivity index (χ0) is 15.9. The lowest BCUT2D eigenvalue weighted by Crippen LogP contribution is -2.12. The van der Waals surface area contributed by atoms with Crippen molar-refractivity contribution in [2.75, 3.05) is 17.2 Å². The predicted octanol–water partition coefficient (Wildman–Crippen LogP) is 4.42. The highest BCUT2D eigenvalue weighted by Gasteiger charge is 2.08. The summed E-state index contributed by atoms with van der Waals surface area (Å²) in [5.41, 5.74) is 2.21. The topological polar surface area (TPSA) is 49.8 Å². The van der Waals surface area contributed by atoms with Crippen molar-refractivity contribution in [1.82, 2.24) is 9.97 Å². The molecule has 0 aliphatic heterocycles. The molecule has 0 fully saturated rings. The number of hydrogen-bond donors (Lipinski definition) is 2. The first-order chi connectivity index (χ1) is 10.5. The van der Waals surface area contributed by atoms with Gasteiger partial charge in [0, 0.05) is 24.3 Å². The average molecular weight is 298 g/mol. The molecule has 1 atom stereocenters. The van der Waals surface area contributed by atoms with Gasteiger partial charge in [-0.1, -0.05) is 44.2 Å². The SMILES string of the molecule is Cc1cc(NC(C)c2ccccc2)nc(NCCC(C)C)n1. The van der Waals surface area contributed by atoms with Gasteiger partial charge in [-0.3, -0.25) is 0 Å². The Morgan fingerprint density at radius 1 is 1.05 bits per heavy atom. The third-order valence-corrected chi connectivity index (χ3v) is 3.52. The van der Waals surface area contributed by atoms with Gasteiger partial charge < -0.3 is 10.6 Å². The summed E-state index contributed by atoms with van der Waals surface area (Å²) >= 11 is 0. The number of hydrogen-bond acceptors (Lipinski definition) is 4. The maximum Gasteiger partial charge on any atom is 0.224 e. The van der Waals surface area contributed by atoms with Crippen molar-refractivity contribution in [3.63, 3.8) is 0 Å². The Kier molecular flexibility index (Phi) is 5.75. The molecule has 22 heavy (non-hydrogen) atoms. The molecular weight excluding hydrogens is 272 g/mol. The summed E-state index contributed by atoms with van der Waals surface area (Å²) in [5.74, 6) is 2.23. The number of nitrogens with zero attached hydrogens (tertiary/aromatic N) is 2. The van der Waals surface area contributed by atoms with Gasteiger partial charge in [0.05, 0.1) is 0 Å². The Bertz CT molecular complexity index is 581. The number of anilines is 2. The summed E-state index contributed by atoms with van der Waals surface area (Å²) in [6.07, 6.45) is 1.11. The summed E-state index contributed by atoms with van der Waals surface area (Å²) in [7, 11) is 0. The quantitative estimate of drug-likeness (QED) is 0.794. The lowest BCUT2D eigenvalue weighted by Gasteiger charge is -2.16. The van der Waals surface area contributed by atoms with Crippen LogP contribution in [0.25, 0.3) is 0 Å². The fourth-order valence-electron chi connectivity index (χ4n) is 2.24. The number of benzene rings is 1. The standard InChI is InChI=1S/C18H26N4/c1-13(2)10-11-19-18-20-14(3)12-17(22-18)21-15(4)16-8-6-5-7-9-16/h5-9,12-13,15H,10-11H2,1-4H3,(H2,19,20,21,22). The van der Waals surface area contributed by atoms with Crippen molar-refractivity contribution in [1.29, 1.82) is 0 Å². The monoisotopic (exact) mass is 298 g/mol. The van der Waals surface area contributed by atoms with Crippen LogP contribution in [0.2, 0.25) is 0 Å². The molecule has 2 aromatic rings. The van der Waals surface area contributed by atoms with Gasteiger partial charge in [-0.25, -0.2) is 4.98 Å². The van der Waals surface area contributed by atoms with E-state index in [-0.39, 0.29) is 6.04 Å². The van der Waals surface area contributed by atoms with Crippen molar-refractivity contribution >= 4 is 11.8 Å². The minimum absolute atomic E-state index is 0.207. The number of nitrogens with one attached hydrogen (secondary N) is 2. The Hall–Kier alpha value is -2.10.